The van der Waals surface area contributed by atoms with Gasteiger partial charge in [-0.25, -0.2) is 15.0 Å². The monoisotopic (exact) mass is 449 g/mol. The highest BCUT2D eigenvalue weighted by Gasteiger charge is 2.34. The third-order valence-electron chi connectivity index (χ3n) is 4.53. The van der Waals surface area contributed by atoms with Crippen molar-refractivity contribution in [3.8, 4) is 11.3 Å². The van der Waals surface area contributed by atoms with Gasteiger partial charge < -0.3 is 5.32 Å². The van der Waals surface area contributed by atoms with Crippen LogP contribution in [0.2, 0.25) is 0 Å². The molecule has 3 aromatic heterocycles. The number of alkyl halides is 6. The van der Waals surface area contributed by atoms with E-state index in [1.807, 2.05) is 0 Å². The van der Waals surface area contributed by atoms with Gasteiger partial charge in [-0.2, -0.15) is 26.3 Å². The van der Waals surface area contributed by atoms with E-state index in [2.05, 4.69) is 25.3 Å². The summed E-state index contributed by atoms with van der Waals surface area (Å²) in [6.45, 7) is 1.58. The van der Waals surface area contributed by atoms with Crippen molar-refractivity contribution in [2.75, 3.05) is 5.32 Å². The Kier molecular flexibility index (Phi) is 5.19. The molecule has 0 aliphatic carbocycles. The summed E-state index contributed by atoms with van der Waals surface area (Å²) < 4.78 is 78.3. The van der Waals surface area contributed by atoms with Crippen molar-refractivity contribution >= 4 is 22.5 Å². The van der Waals surface area contributed by atoms with Gasteiger partial charge in [-0.1, -0.05) is 6.07 Å². The number of rotatable bonds is 3. The highest BCUT2D eigenvalue weighted by Crippen LogP contribution is 2.37. The minimum atomic E-state index is -4.58. The molecule has 1 N–H and O–H groups in total. The summed E-state index contributed by atoms with van der Waals surface area (Å²) in [4.78, 5) is 16.2. The van der Waals surface area contributed by atoms with E-state index in [9.17, 15) is 26.3 Å². The molecule has 1 aromatic carbocycles. The van der Waals surface area contributed by atoms with Crippen LogP contribution in [0, 0.1) is 6.92 Å². The van der Waals surface area contributed by atoms with Gasteiger partial charge in [0.05, 0.1) is 22.3 Å². The van der Waals surface area contributed by atoms with E-state index in [0.29, 0.717) is 22.9 Å². The van der Waals surface area contributed by atoms with Gasteiger partial charge in [0.25, 0.3) is 0 Å². The smallest absolute Gasteiger partial charge is 0.324 e. The molecule has 0 unspecified atom stereocenters. The molecular weight excluding hydrogens is 436 g/mol. The summed E-state index contributed by atoms with van der Waals surface area (Å²) in [7, 11) is 0. The van der Waals surface area contributed by atoms with Crippen LogP contribution in [-0.2, 0) is 12.4 Å². The molecule has 0 fully saturated rings. The Morgan fingerprint density at radius 2 is 1.62 bits per heavy atom. The molecule has 0 amide bonds. The number of nitrogens with zero attached hydrogens (tertiary/aromatic N) is 4. The summed E-state index contributed by atoms with van der Waals surface area (Å²) in [5.41, 5.74) is -1.47. The number of nitrogens with one attached hydrogen (secondary N) is 1. The Bertz CT molecular complexity index is 1280. The van der Waals surface area contributed by atoms with Crippen molar-refractivity contribution in [1.29, 1.82) is 0 Å². The zero-order chi connectivity index (χ0) is 23.1. The van der Waals surface area contributed by atoms with E-state index < -0.39 is 23.5 Å². The van der Waals surface area contributed by atoms with Gasteiger partial charge in [-0.05, 0) is 43.3 Å². The first kappa shape index (κ1) is 21.5. The van der Waals surface area contributed by atoms with Crippen molar-refractivity contribution in [2.24, 2.45) is 0 Å². The van der Waals surface area contributed by atoms with Gasteiger partial charge in [-0.15, -0.1) is 0 Å². The second kappa shape index (κ2) is 7.74. The summed E-state index contributed by atoms with van der Waals surface area (Å²) in [5, 5.41) is 3.29. The van der Waals surface area contributed by atoms with Gasteiger partial charge >= 0.3 is 12.4 Å². The number of aromatic nitrogens is 4. The van der Waals surface area contributed by atoms with E-state index in [-0.39, 0.29) is 22.9 Å². The van der Waals surface area contributed by atoms with E-state index in [1.165, 1.54) is 30.5 Å². The molecule has 4 aromatic rings. The van der Waals surface area contributed by atoms with Crippen LogP contribution < -0.4 is 5.32 Å². The molecule has 164 valence electrons. The molecular formula is C21H13F6N5. The first-order valence-electron chi connectivity index (χ1n) is 9.13. The Morgan fingerprint density at radius 1 is 0.844 bits per heavy atom. The van der Waals surface area contributed by atoms with E-state index in [0.717, 1.165) is 18.2 Å². The summed E-state index contributed by atoms with van der Waals surface area (Å²) in [6.07, 6.45) is -7.14. The number of fused-ring (bicyclic) bond motifs is 1. The fourth-order valence-corrected chi connectivity index (χ4v) is 3.11. The van der Waals surface area contributed by atoms with Crippen LogP contribution >= 0.6 is 0 Å². The predicted octanol–water partition coefficient (Wildman–Crippen LogP) is 6.18. The first-order valence-corrected chi connectivity index (χ1v) is 9.13. The lowest BCUT2D eigenvalue weighted by Gasteiger charge is -2.13. The number of aryl methyl sites for hydroxylation is 1. The van der Waals surface area contributed by atoms with E-state index >= 15 is 0 Å². The van der Waals surface area contributed by atoms with Crippen LogP contribution in [0.3, 0.4) is 0 Å². The maximum absolute atomic E-state index is 13.4. The molecule has 11 heteroatoms. The molecule has 0 saturated heterocycles. The zero-order valence-electron chi connectivity index (χ0n) is 16.3. The molecule has 5 nitrogen and oxygen atoms in total. The molecule has 0 bridgehead atoms. The van der Waals surface area contributed by atoms with Crippen LogP contribution in [0.5, 0.6) is 0 Å². The van der Waals surface area contributed by atoms with Gasteiger partial charge in [0.2, 0.25) is 0 Å². The van der Waals surface area contributed by atoms with Crippen LogP contribution in [0.25, 0.3) is 22.2 Å². The number of hydrogen-bond acceptors (Lipinski definition) is 5. The lowest BCUT2D eigenvalue weighted by molar-refractivity contribution is -0.138. The highest BCUT2D eigenvalue weighted by atomic mass is 19.4. The van der Waals surface area contributed by atoms with E-state index in [4.69, 9.17) is 0 Å². The summed E-state index contributed by atoms with van der Waals surface area (Å²) in [6, 6.07) is 8.61. The van der Waals surface area contributed by atoms with Crippen molar-refractivity contribution in [3.63, 3.8) is 0 Å². The molecule has 0 atom stereocenters. The topological polar surface area (TPSA) is 63.6 Å². The van der Waals surface area contributed by atoms with Gasteiger partial charge in [0.1, 0.15) is 17.5 Å². The molecule has 3 heterocycles. The van der Waals surface area contributed by atoms with Gasteiger partial charge in [0.15, 0.2) is 0 Å². The van der Waals surface area contributed by atoms with Gasteiger partial charge in [0, 0.05) is 23.3 Å². The average Bonchev–Trinajstić information content (AvgIpc) is 2.72. The Labute approximate surface area is 177 Å². The van der Waals surface area contributed by atoms with Crippen LogP contribution in [-0.4, -0.2) is 19.9 Å². The Morgan fingerprint density at radius 3 is 2.28 bits per heavy atom. The normalized spacial score (nSPS) is 12.2. The predicted molar refractivity (Wildman–Crippen MR) is 105 cm³/mol. The SMILES string of the molecule is Cc1nc(Nc2ccc(C(F)(F)F)cn2)c2ccc(-c3ncccc3C(F)(F)F)cc2n1. The molecule has 32 heavy (non-hydrogen) atoms. The van der Waals surface area contributed by atoms with Crippen molar-refractivity contribution in [3.05, 3.63) is 71.8 Å². The molecule has 0 saturated carbocycles. The Hall–Kier alpha value is -3.76. The number of pyridine rings is 2. The Balaban J connectivity index is 1.75. The molecule has 0 radical (unpaired) electrons. The number of hydrogen-bond donors (Lipinski definition) is 1. The van der Waals surface area contributed by atoms with Gasteiger partial charge in [-0.3, -0.25) is 4.98 Å². The standard InChI is InChI=1S/C21H13F6N5/c1-11-30-16-9-12(18-15(21(25,26)27)3-2-8-28-18)4-6-14(16)19(31-11)32-17-7-5-13(10-29-17)20(22,23)24/h2-10H,1H3,(H,29,30,31,32). The minimum absolute atomic E-state index is 0.116. The zero-order valence-corrected chi connectivity index (χ0v) is 16.3. The maximum atomic E-state index is 13.4. The number of anilines is 2. The number of halogens is 6. The fraction of sp³-hybridized carbons (Fsp3) is 0.143. The largest absolute Gasteiger partial charge is 0.418 e. The first-order chi connectivity index (χ1) is 15.0. The van der Waals surface area contributed by atoms with Crippen LogP contribution in [0.4, 0.5) is 38.0 Å². The van der Waals surface area contributed by atoms with Crippen molar-refractivity contribution in [1.82, 2.24) is 19.9 Å². The second-order valence-corrected chi connectivity index (χ2v) is 6.80. The summed E-state index contributed by atoms with van der Waals surface area (Å²) >= 11 is 0. The molecule has 0 aliphatic heterocycles. The third kappa shape index (κ3) is 4.32. The van der Waals surface area contributed by atoms with E-state index in [1.54, 1.807) is 6.92 Å². The molecule has 0 aliphatic rings. The fourth-order valence-electron chi connectivity index (χ4n) is 3.11. The van der Waals surface area contributed by atoms with Crippen molar-refractivity contribution in [2.45, 2.75) is 19.3 Å². The minimum Gasteiger partial charge on any atom is -0.324 e. The van der Waals surface area contributed by atoms with Crippen LogP contribution in [0.1, 0.15) is 17.0 Å². The van der Waals surface area contributed by atoms with Crippen molar-refractivity contribution < 1.29 is 26.3 Å². The molecule has 0 spiro atoms. The number of benzene rings is 1. The highest BCUT2D eigenvalue weighted by molar-refractivity contribution is 5.93. The lowest BCUT2D eigenvalue weighted by Crippen LogP contribution is -2.08. The molecule has 4 rings (SSSR count). The third-order valence-corrected chi connectivity index (χ3v) is 4.53. The lowest BCUT2D eigenvalue weighted by atomic mass is 10.0. The second-order valence-electron chi connectivity index (χ2n) is 6.80. The quantitative estimate of drug-likeness (QED) is 0.379. The summed E-state index contributed by atoms with van der Waals surface area (Å²) in [5.74, 6) is 0.676. The van der Waals surface area contributed by atoms with Crippen LogP contribution in [0.15, 0.2) is 54.9 Å². The average molecular weight is 449 g/mol. The maximum Gasteiger partial charge on any atom is 0.418 e.